The molecule has 198 valence electrons. The highest BCUT2D eigenvalue weighted by Gasteiger charge is 2.19. The third-order valence-electron chi connectivity index (χ3n) is 6.27. The van der Waals surface area contributed by atoms with Crippen molar-refractivity contribution >= 4 is 34.0 Å². The quantitative estimate of drug-likeness (QED) is 0.115. The molecular formula is C33H26BrN3O3. The standard InChI is InChI=1S/C33H26BrN3O3/c1-2-40-33(39)25-17-19-27(20-18-25)37-30(23-11-5-3-6-12-23)21-26(31(37)24-13-7-4-8-14-24)22-35-36-32(38)28-15-9-10-16-29(28)34/h3-22H,2H2,1H3,(H,36,38)/b35-22-. The molecule has 5 rings (SSSR count). The number of ether oxygens (including phenoxy) is 1. The molecule has 0 saturated heterocycles. The first kappa shape index (κ1) is 26.8. The second-order valence-corrected chi connectivity index (χ2v) is 9.70. The number of hydrogen-bond donors (Lipinski definition) is 1. The predicted octanol–water partition coefficient (Wildman–Crippen LogP) is 7.51. The van der Waals surface area contributed by atoms with Crippen molar-refractivity contribution in [3.63, 3.8) is 0 Å². The van der Waals surface area contributed by atoms with E-state index in [1.165, 1.54) is 0 Å². The van der Waals surface area contributed by atoms with E-state index in [2.05, 4.69) is 31.0 Å². The van der Waals surface area contributed by atoms with Crippen molar-refractivity contribution in [1.82, 2.24) is 9.99 Å². The number of halogens is 1. The van der Waals surface area contributed by atoms with Crippen LogP contribution < -0.4 is 5.43 Å². The van der Waals surface area contributed by atoms with Gasteiger partial charge >= 0.3 is 5.97 Å². The fourth-order valence-corrected chi connectivity index (χ4v) is 4.90. The summed E-state index contributed by atoms with van der Waals surface area (Å²) < 4.78 is 7.99. The fraction of sp³-hybridized carbons (Fsp3) is 0.0606. The van der Waals surface area contributed by atoms with E-state index in [1.54, 1.807) is 37.4 Å². The Labute approximate surface area is 241 Å². The van der Waals surface area contributed by atoms with Crippen LogP contribution in [0.2, 0.25) is 0 Å². The molecule has 0 bridgehead atoms. The normalized spacial score (nSPS) is 10.9. The summed E-state index contributed by atoms with van der Waals surface area (Å²) in [6.45, 7) is 2.10. The maximum Gasteiger partial charge on any atom is 0.338 e. The molecule has 1 heterocycles. The first-order chi connectivity index (χ1) is 19.6. The minimum Gasteiger partial charge on any atom is -0.462 e. The molecule has 0 unspecified atom stereocenters. The molecule has 0 atom stereocenters. The van der Waals surface area contributed by atoms with Crippen molar-refractivity contribution in [2.45, 2.75) is 6.92 Å². The number of carbonyl (C=O) groups excluding carboxylic acids is 2. The van der Waals surface area contributed by atoms with Crippen LogP contribution in [0.15, 0.2) is 125 Å². The summed E-state index contributed by atoms with van der Waals surface area (Å²) >= 11 is 3.42. The summed E-state index contributed by atoms with van der Waals surface area (Å²) in [5, 5.41) is 4.32. The largest absolute Gasteiger partial charge is 0.462 e. The Kier molecular flexibility index (Phi) is 8.32. The summed E-state index contributed by atoms with van der Waals surface area (Å²) in [4.78, 5) is 25.0. The van der Waals surface area contributed by atoms with Crippen LogP contribution in [0.4, 0.5) is 0 Å². The monoisotopic (exact) mass is 591 g/mol. The van der Waals surface area contributed by atoms with Gasteiger partial charge in [0.2, 0.25) is 0 Å². The average Bonchev–Trinajstić information content (AvgIpc) is 3.38. The molecule has 4 aromatic carbocycles. The van der Waals surface area contributed by atoms with E-state index in [0.717, 1.165) is 33.8 Å². The topological polar surface area (TPSA) is 72.7 Å². The number of nitrogens with zero attached hydrogens (tertiary/aromatic N) is 2. The minimum atomic E-state index is -0.360. The Bertz CT molecular complexity index is 1660. The summed E-state index contributed by atoms with van der Waals surface area (Å²) in [6, 6.07) is 36.6. The van der Waals surface area contributed by atoms with E-state index in [1.807, 2.05) is 91.0 Å². The van der Waals surface area contributed by atoms with Crippen LogP contribution in [0.25, 0.3) is 28.2 Å². The van der Waals surface area contributed by atoms with Gasteiger partial charge in [-0.3, -0.25) is 4.79 Å². The van der Waals surface area contributed by atoms with Crippen LogP contribution in [0.1, 0.15) is 33.2 Å². The number of benzene rings is 4. The van der Waals surface area contributed by atoms with E-state index < -0.39 is 0 Å². The smallest absolute Gasteiger partial charge is 0.338 e. The van der Waals surface area contributed by atoms with Crippen molar-refractivity contribution < 1.29 is 14.3 Å². The Balaban J connectivity index is 1.63. The summed E-state index contributed by atoms with van der Waals surface area (Å²) in [5.74, 6) is -0.677. The number of hydrogen-bond acceptors (Lipinski definition) is 4. The van der Waals surface area contributed by atoms with Crippen LogP contribution in [-0.2, 0) is 4.74 Å². The zero-order chi connectivity index (χ0) is 27.9. The number of aromatic nitrogens is 1. The van der Waals surface area contributed by atoms with E-state index >= 15 is 0 Å². The summed E-state index contributed by atoms with van der Waals surface area (Å²) in [6.07, 6.45) is 1.66. The molecule has 7 heteroatoms. The lowest BCUT2D eigenvalue weighted by atomic mass is 10.1. The molecule has 40 heavy (non-hydrogen) atoms. The van der Waals surface area contributed by atoms with Gasteiger partial charge in [-0.25, -0.2) is 10.2 Å². The molecule has 0 aliphatic rings. The zero-order valence-electron chi connectivity index (χ0n) is 21.8. The molecule has 0 radical (unpaired) electrons. The summed E-state index contributed by atoms with van der Waals surface area (Å²) in [5.41, 5.74) is 9.10. The number of amides is 1. The SMILES string of the molecule is CCOC(=O)c1ccc(-n2c(-c3ccccc3)cc(/C=N\NC(=O)c3ccccc3Br)c2-c2ccccc2)cc1. The second-order valence-electron chi connectivity index (χ2n) is 8.85. The lowest BCUT2D eigenvalue weighted by Gasteiger charge is -2.15. The first-order valence-corrected chi connectivity index (χ1v) is 13.6. The van der Waals surface area contributed by atoms with Crippen molar-refractivity contribution in [1.29, 1.82) is 0 Å². The van der Waals surface area contributed by atoms with Crippen LogP contribution in [0, 0.1) is 0 Å². The number of nitrogens with one attached hydrogen (secondary N) is 1. The van der Waals surface area contributed by atoms with Crippen LogP contribution >= 0.6 is 15.9 Å². The van der Waals surface area contributed by atoms with Crippen molar-refractivity contribution in [2.24, 2.45) is 5.10 Å². The Morgan fingerprint density at radius 3 is 2.12 bits per heavy atom. The van der Waals surface area contributed by atoms with Crippen molar-refractivity contribution in [3.8, 4) is 28.2 Å². The molecule has 6 nitrogen and oxygen atoms in total. The van der Waals surface area contributed by atoms with Crippen molar-refractivity contribution in [3.05, 3.63) is 136 Å². The Hall–Kier alpha value is -4.75. The van der Waals surface area contributed by atoms with Crippen LogP contribution in [0.5, 0.6) is 0 Å². The molecule has 1 amide bonds. The van der Waals surface area contributed by atoms with Gasteiger partial charge in [0.15, 0.2) is 0 Å². The maximum atomic E-state index is 12.8. The van der Waals surface area contributed by atoms with Gasteiger partial charge in [-0.1, -0.05) is 72.8 Å². The maximum absolute atomic E-state index is 12.8. The van der Waals surface area contributed by atoms with Gasteiger partial charge in [-0.05, 0) is 76.4 Å². The molecule has 1 aromatic heterocycles. The van der Waals surface area contributed by atoms with Gasteiger partial charge in [0.05, 0.1) is 35.3 Å². The number of carbonyl (C=O) groups is 2. The Morgan fingerprint density at radius 1 is 0.850 bits per heavy atom. The van der Waals surface area contributed by atoms with Crippen LogP contribution in [-0.4, -0.2) is 29.3 Å². The van der Waals surface area contributed by atoms with Crippen LogP contribution in [0.3, 0.4) is 0 Å². The molecule has 0 fully saturated rings. The van der Waals surface area contributed by atoms with E-state index in [0.29, 0.717) is 22.2 Å². The zero-order valence-corrected chi connectivity index (χ0v) is 23.3. The fourth-order valence-electron chi connectivity index (χ4n) is 4.44. The molecule has 0 saturated carbocycles. The molecular weight excluding hydrogens is 566 g/mol. The Morgan fingerprint density at radius 2 is 1.48 bits per heavy atom. The van der Waals surface area contributed by atoms with Gasteiger partial charge in [0, 0.05) is 15.7 Å². The lowest BCUT2D eigenvalue weighted by Crippen LogP contribution is -2.18. The molecule has 0 aliphatic heterocycles. The van der Waals surface area contributed by atoms with Gasteiger partial charge in [0.1, 0.15) is 0 Å². The first-order valence-electron chi connectivity index (χ1n) is 12.8. The van der Waals surface area contributed by atoms with Crippen molar-refractivity contribution in [2.75, 3.05) is 6.61 Å². The highest BCUT2D eigenvalue weighted by Crippen LogP contribution is 2.35. The van der Waals surface area contributed by atoms with Gasteiger partial charge < -0.3 is 9.30 Å². The van der Waals surface area contributed by atoms with Gasteiger partial charge in [-0.15, -0.1) is 0 Å². The van der Waals surface area contributed by atoms with E-state index in [4.69, 9.17) is 4.74 Å². The molecule has 5 aromatic rings. The minimum absolute atomic E-state index is 0.314. The highest BCUT2D eigenvalue weighted by atomic mass is 79.9. The highest BCUT2D eigenvalue weighted by molar-refractivity contribution is 9.10. The molecule has 1 N–H and O–H groups in total. The predicted molar refractivity (Wildman–Crippen MR) is 162 cm³/mol. The molecule has 0 aliphatic carbocycles. The average molecular weight is 592 g/mol. The van der Waals surface area contributed by atoms with E-state index in [9.17, 15) is 9.59 Å². The van der Waals surface area contributed by atoms with E-state index in [-0.39, 0.29) is 11.9 Å². The van der Waals surface area contributed by atoms with Gasteiger partial charge in [-0.2, -0.15) is 5.10 Å². The summed E-state index contributed by atoms with van der Waals surface area (Å²) in [7, 11) is 0. The second kappa shape index (κ2) is 12.4. The number of esters is 1. The third-order valence-corrected chi connectivity index (χ3v) is 6.96. The van der Waals surface area contributed by atoms with Gasteiger partial charge in [0.25, 0.3) is 5.91 Å². The third kappa shape index (κ3) is 5.80. The lowest BCUT2D eigenvalue weighted by molar-refractivity contribution is 0.0526. The number of hydrazone groups is 1. The molecule has 0 spiro atoms. The number of rotatable bonds is 8.